The van der Waals surface area contributed by atoms with Gasteiger partial charge in [-0.2, -0.15) is 5.10 Å². The quantitative estimate of drug-likeness (QED) is 0.313. The van der Waals surface area contributed by atoms with Gasteiger partial charge in [0.15, 0.2) is 0 Å². The molecule has 2 fully saturated rings. The van der Waals surface area contributed by atoms with E-state index in [1.165, 1.54) is 43.4 Å². The molecule has 0 amide bonds. The van der Waals surface area contributed by atoms with Crippen LogP contribution in [0.4, 0.5) is 4.39 Å². The van der Waals surface area contributed by atoms with Crippen LogP contribution in [0.5, 0.6) is 0 Å². The monoisotopic (exact) mass is 478 g/mol. The number of benzene rings is 2. The highest BCUT2D eigenvalue weighted by Gasteiger charge is 2.26. The summed E-state index contributed by atoms with van der Waals surface area (Å²) in [5, 5.41) is 4.76. The van der Waals surface area contributed by atoms with E-state index >= 15 is 0 Å². The first kappa shape index (κ1) is 22.9. The van der Waals surface area contributed by atoms with Crippen molar-refractivity contribution in [2.75, 3.05) is 6.61 Å². The van der Waals surface area contributed by atoms with Gasteiger partial charge in [-0.25, -0.2) is 14.4 Å². The molecule has 2 aliphatic rings. The van der Waals surface area contributed by atoms with Crippen molar-refractivity contribution in [1.82, 2.24) is 19.7 Å². The largest absolute Gasteiger partial charge is 0.373 e. The first-order chi connectivity index (χ1) is 16.5. The molecule has 1 saturated carbocycles. The fourth-order valence-electron chi connectivity index (χ4n) is 4.24. The number of para-hydroxylation sites is 1. The number of aromatic nitrogens is 4. The highest BCUT2D eigenvalue weighted by molar-refractivity contribution is 6.33. The van der Waals surface area contributed by atoms with Crippen LogP contribution in [0, 0.1) is 19.7 Å². The summed E-state index contributed by atoms with van der Waals surface area (Å²) in [6.45, 7) is 4.77. The van der Waals surface area contributed by atoms with Gasteiger partial charge in [-0.05, 0) is 70.2 Å². The SMILES string of the molecule is Cc1nc2cccc(-c3ccc(F)cc3Cl)c2nc1C.c1nn(C2CC2)cc1C1CCCCO1. The molecule has 176 valence electrons. The Hall–Kier alpha value is -2.83. The van der Waals surface area contributed by atoms with Crippen LogP contribution in [0.3, 0.4) is 0 Å². The topological polar surface area (TPSA) is 52.8 Å². The molecule has 2 aromatic heterocycles. The summed E-state index contributed by atoms with van der Waals surface area (Å²) in [7, 11) is 0. The lowest BCUT2D eigenvalue weighted by molar-refractivity contribution is 0.0149. The average Bonchev–Trinajstić information content (AvgIpc) is 3.57. The Balaban J connectivity index is 0.000000150. The molecule has 0 bridgehead atoms. The molecule has 6 rings (SSSR count). The van der Waals surface area contributed by atoms with Crippen molar-refractivity contribution >= 4 is 22.6 Å². The van der Waals surface area contributed by atoms with Crippen LogP contribution in [0.25, 0.3) is 22.2 Å². The van der Waals surface area contributed by atoms with E-state index in [4.69, 9.17) is 16.3 Å². The Morgan fingerprint density at radius 2 is 1.82 bits per heavy atom. The zero-order valence-electron chi connectivity index (χ0n) is 19.5. The van der Waals surface area contributed by atoms with E-state index in [1.54, 1.807) is 6.07 Å². The Bertz CT molecular complexity index is 1310. The van der Waals surface area contributed by atoms with Gasteiger partial charge in [0.05, 0.1) is 45.8 Å². The van der Waals surface area contributed by atoms with Gasteiger partial charge in [-0.15, -0.1) is 0 Å². The zero-order chi connectivity index (χ0) is 23.7. The van der Waals surface area contributed by atoms with Crippen LogP contribution in [-0.2, 0) is 4.74 Å². The Labute approximate surface area is 203 Å². The van der Waals surface area contributed by atoms with Crippen molar-refractivity contribution < 1.29 is 9.13 Å². The zero-order valence-corrected chi connectivity index (χ0v) is 20.2. The number of rotatable bonds is 3. The van der Waals surface area contributed by atoms with Gasteiger partial charge in [0.1, 0.15) is 5.82 Å². The van der Waals surface area contributed by atoms with Crippen molar-refractivity contribution in [3.05, 3.63) is 76.6 Å². The van der Waals surface area contributed by atoms with Gasteiger partial charge in [-0.1, -0.05) is 23.7 Å². The lowest BCUT2D eigenvalue weighted by atomic mass is 10.0. The third-order valence-electron chi connectivity index (χ3n) is 6.42. The molecule has 3 heterocycles. The van der Waals surface area contributed by atoms with E-state index in [2.05, 4.69) is 25.9 Å². The maximum atomic E-state index is 13.2. The standard InChI is InChI=1S/C16H12ClFN2.C11H16N2O/c1-9-10(2)20-16-13(4-3-5-15(16)19-9)12-7-6-11(18)8-14(12)17;1-2-6-14-11(3-1)9-7-12-13(8-9)10-4-5-10/h3-8H,1-2H3;7-8,10-11H,1-6H2. The summed E-state index contributed by atoms with van der Waals surface area (Å²) in [6.07, 6.45) is 10.7. The molecule has 1 atom stereocenters. The van der Waals surface area contributed by atoms with E-state index in [0.717, 1.165) is 46.6 Å². The van der Waals surface area contributed by atoms with Crippen LogP contribution in [0.15, 0.2) is 48.8 Å². The predicted octanol–water partition coefficient (Wildman–Crippen LogP) is 7.17. The van der Waals surface area contributed by atoms with Crippen LogP contribution in [-0.4, -0.2) is 26.4 Å². The predicted molar refractivity (Wildman–Crippen MR) is 132 cm³/mol. The number of hydrogen-bond acceptors (Lipinski definition) is 4. The summed E-state index contributed by atoms with van der Waals surface area (Å²) in [4.78, 5) is 9.13. The Morgan fingerprint density at radius 1 is 1.00 bits per heavy atom. The highest BCUT2D eigenvalue weighted by atomic mass is 35.5. The van der Waals surface area contributed by atoms with Crippen molar-refractivity contribution in [1.29, 1.82) is 0 Å². The van der Waals surface area contributed by atoms with Crippen LogP contribution < -0.4 is 0 Å². The smallest absolute Gasteiger partial charge is 0.124 e. The summed E-state index contributed by atoms with van der Waals surface area (Å²) in [5.41, 5.74) is 6.27. The van der Waals surface area contributed by atoms with Gasteiger partial charge in [-0.3, -0.25) is 4.68 Å². The van der Waals surface area contributed by atoms with E-state index in [1.807, 2.05) is 38.2 Å². The second-order valence-electron chi connectivity index (χ2n) is 9.03. The molecule has 1 aliphatic carbocycles. The van der Waals surface area contributed by atoms with Gasteiger partial charge in [0.25, 0.3) is 0 Å². The third kappa shape index (κ3) is 4.98. The molecular weight excluding hydrogens is 451 g/mol. The Morgan fingerprint density at radius 3 is 2.56 bits per heavy atom. The van der Waals surface area contributed by atoms with Crippen LogP contribution >= 0.6 is 11.6 Å². The molecule has 5 nitrogen and oxygen atoms in total. The van der Waals surface area contributed by atoms with E-state index in [-0.39, 0.29) is 5.82 Å². The molecule has 0 radical (unpaired) electrons. The number of halogens is 2. The molecule has 7 heteroatoms. The van der Waals surface area contributed by atoms with Crippen molar-refractivity contribution in [3.8, 4) is 11.1 Å². The van der Waals surface area contributed by atoms with Crippen molar-refractivity contribution in [3.63, 3.8) is 0 Å². The summed E-state index contributed by atoms with van der Waals surface area (Å²) < 4.78 is 21.0. The minimum absolute atomic E-state index is 0.316. The van der Waals surface area contributed by atoms with E-state index in [9.17, 15) is 4.39 Å². The normalized spacial score (nSPS) is 17.9. The number of hydrogen-bond donors (Lipinski definition) is 0. The number of nitrogens with zero attached hydrogens (tertiary/aromatic N) is 4. The third-order valence-corrected chi connectivity index (χ3v) is 6.73. The molecule has 1 aliphatic heterocycles. The fraction of sp³-hybridized carbons (Fsp3) is 0.370. The number of ether oxygens (including phenoxy) is 1. The van der Waals surface area contributed by atoms with E-state index < -0.39 is 0 Å². The number of aryl methyl sites for hydroxylation is 2. The lowest BCUT2D eigenvalue weighted by Gasteiger charge is -2.21. The number of fused-ring (bicyclic) bond motifs is 1. The highest BCUT2D eigenvalue weighted by Crippen LogP contribution is 2.36. The van der Waals surface area contributed by atoms with Crippen LogP contribution in [0.1, 0.15) is 61.2 Å². The maximum absolute atomic E-state index is 13.2. The van der Waals surface area contributed by atoms with Crippen molar-refractivity contribution in [2.24, 2.45) is 0 Å². The average molecular weight is 479 g/mol. The molecule has 2 aromatic carbocycles. The van der Waals surface area contributed by atoms with Gasteiger partial charge < -0.3 is 4.74 Å². The molecular formula is C27H28ClFN4O. The fourth-order valence-corrected chi connectivity index (χ4v) is 4.50. The minimum atomic E-state index is -0.350. The summed E-state index contributed by atoms with van der Waals surface area (Å²) in [6, 6.07) is 10.8. The molecule has 0 N–H and O–H groups in total. The van der Waals surface area contributed by atoms with E-state index in [0.29, 0.717) is 17.2 Å². The molecule has 1 unspecified atom stereocenters. The van der Waals surface area contributed by atoms with Gasteiger partial charge in [0.2, 0.25) is 0 Å². The summed E-state index contributed by atoms with van der Waals surface area (Å²) in [5.74, 6) is -0.350. The first-order valence-electron chi connectivity index (χ1n) is 11.8. The van der Waals surface area contributed by atoms with Gasteiger partial charge in [0, 0.05) is 29.5 Å². The Kier molecular flexibility index (Phi) is 6.61. The summed E-state index contributed by atoms with van der Waals surface area (Å²) >= 11 is 6.15. The molecule has 34 heavy (non-hydrogen) atoms. The minimum Gasteiger partial charge on any atom is -0.373 e. The van der Waals surface area contributed by atoms with Crippen LogP contribution in [0.2, 0.25) is 5.02 Å². The molecule has 1 saturated heterocycles. The molecule has 4 aromatic rings. The second-order valence-corrected chi connectivity index (χ2v) is 9.44. The lowest BCUT2D eigenvalue weighted by Crippen LogP contribution is -2.10. The van der Waals surface area contributed by atoms with Gasteiger partial charge >= 0.3 is 0 Å². The molecule has 0 spiro atoms. The maximum Gasteiger partial charge on any atom is 0.124 e. The van der Waals surface area contributed by atoms with Crippen molar-refractivity contribution in [2.45, 2.75) is 58.1 Å². The first-order valence-corrected chi connectivity index (χ1v) is 12.2. The second kappa shape index (κ2) is 9.80.